The highest BCUT2D eigenvalue weighted by atomic mass is 35.5. The fourth-order valence-corrected chi connectivity index (χ4v) is 13.0. The van der Waals surface area contributed by atoms with E-state index in [-0.39, 0.29) is 24.8 Å². The molecule has 0 aromatic carbocycles. The Morgan fingerprint density at radius 3 is 0.633 bits per heavy atom. The number of nitriles is 6. The fourth-order valence-electron chi connectivity index (χ4n) is 3.49. The van der Waals surface area contributed by atoms with Gasteiger partial charge in [-0.25, -0.2) is 0 Å². The first-order valence-electron chi connectivity index (χ1n) is 9.49. The molecule has 0 heterocycles. The maximum atomic E-state index is 9.09. The van der Waals surface area contributed by atoms with E-state index in [0.717, 1.165) is 49.3 Å². The van der Waals surface area contributed by atoms with E-state index in [0.29, 0.717) is 38.5 Å². The van der Waals surface area contributed by atoms with Crippen molar-refractivity contribution in [2.75, 3.05) is 49.3 Å². The molecule has 162 valence electrons. The summed E-state index contributed by atoms with van der Waals surface area (Å²) in [7, 11) is -3.25. The van der Waals surface area contributed by atoms with Crippen molar-refractivity contribution in [3.8, 4) is 36.4 Å². The van der Waals surface area contributed by atoms with E-state index >= 15 is 0 Å². The zero-order valence-electron chi connectivity index (χ0n) is 17.2. The van der Waals surface area contributed by atoms with E-state index in [1.165, 1.54) is 0 Å². The average Bonchev–Trinajstić information content (AvgIpc) is 2.73. The molecule has 10 heteroatoms. The molecule has 0 amide bonds. The molecule has 0 bridgehead atoms. The Morgan fingerprint density at radius 1 is 0.333 bits per heavy atom. The van der Waals surface area contributed by atoms with Crippen LogP contribution in [0.3, 0.4) is 0 Å². The van der Waals surface area contributed by atoms with Crippen LogP contribution in [0.1, 0.15) is 38.5 Å². The van der Waals surface area contributed by atoms with Crippen molar-refractivity contribution in [1.29, 1.82) is 31.6 Å². The van der Waals surface area contributed by atoms with Crippen LogP contribution < -0.4 is 24.8 Å². The molecule has 6 nitrogen and oxygen atoms in total. The largest absolute Gasteiger partial charge is 1.00 e. The van der Waals surface area contributed by atoms with Gasteiger partial charge in [0.15, 0.2) is 0 Å². The highest BCUT2D eigenvalue weighted by Gasteiger charge is 2.43. The normalized spacial score (nSPS) is 9.80. The predicted octanol–water partition coefficient (Wildman–Crippen LogP) is -1.49. The summed E-state index contributed by atoms with van der Waals surface area (Å²) in [6, 6.07) is 13.3. The Kier molecular flexibility index (Phi) is 22.7. The number of hydrogen-bond acceptors (Lipinski definition) is 6. The van der Waals surface area contributed by atoms with Crippen LogP contribution in [0.15, 0.2) is 0 Å². The van der Waals surface area contributed by atoms with Gasteiger partial charge in [-0.15, -0.1) is 0 Å². The lowest BCUT2D eigenvalue weighted by Crippen LogP contribution is -3.00. The van der Waals surface area contributed by atoms with Gasteiger partial charge in [0.05, 0.1) is 124 Å². The van der Waals surface area contributed by atoms with E-state index in [1.54, 1.807) is 0 Å². The molecular weight excluding hydrogens is 457 g/mol. The van der Waals surface area contributed by atoms with E-state index in [9.17, 15) is 0 Å². The van der Waals surface area contributed by atoms with E-state index in [2.05, 4.69) is 36.4 Å². The van der Waals surface area contributed by atoms with Crippen LogP contribution in [-0.2, 0) is 0 Å². The van der Waals surface area contributed by atoms with Gasteiger partial charge in [-0.1, -0.05) is 0 Å². The SMILES string of the molecule is N#CCC[P+](CCC#N)(CCC#N)CC[P+](CCC#N)(CCC#N)CCC#N.[Cl-].[Cl-]. The lowest BCUT2D eigenvalue weighted by atomic mass is 10.5. The molecule has 0 N–H and O–H groups in total. The fraction of sp³-hybridized carbons (Fsp3) is 0.700. The molecule has 0 rings (SSSR count). The quantitative estimate of drug-likeness (QED) is 0.259. The molecule has 0 atom stereocenters. The predicted molar refractivity (Wildman–Crippen MR) is 114 cm³/mol. The van der Waals surface area contributed by atoms with Crippen LogP contribution in [0.5, 0.6) is 0 Å². The van der Waals surface area contributed by atoms with Crippen molar-refractivity contribution >= 4 is 14.5 Å². The Balaban J connectivity index is -0.00000364. The van der Waals surface area contributed by atoms with Crippen molar-refractivity contribution in [2.24, 2.45) is 0 Å². The highest BCUT2D eigenvalue weighted by Crippen LogP contribution is 2.67. The summed E-state index contributed by atoms with van der Waals surface area (Å²) in [4.78, 5) is 0. The molecule has 0 saturated heterocycles. The van der Waals surface area contributed by atoms with E-state index < -0.39 is 14.5 Å². The number of hydrogen-bond donors (Lipinski definition) is 0. The average molecular weight is 485 g/mol. The second-order valence-corrected chi connectivity index (χ2v) is 15.9. The lowest BCUT2D eigenvalue weighted by Gasteiger charge is -2.31. The Morgan fingerprint density at radius 2 is 0.500 bits per heavy atom. The summed E-state index contributed by atoms with van der Waals surface area (Å²) in [6.45, 7) is 0. The van der Waals surface area contributed by atoms with Gasteiger partial charge in [-0.3, -0.25) is 0 Å². The molecule has 0 spiro atoms. The summed E-state index contributed by atoms with van der Waals surface area (Å²) in [5.74, 6) is 0. The van der Waals surface area contributed by atoms with Gasteiger partial charge in [0.25, 0.3) is 0 Å². The third-order valence-corrected chi connectivity index (χ3v) is 15.0. The van der Waals surface area contributed by atoms with E-state index in [4.69, 9.17) is 31.6 Å². The second kappa shape index (κ2) is 20.6. The first-order chi connectivity index (χ1) is 13.6. The molecule has 0 aliphatic carbocycles. The summed E-state index contributed by atoms with van der Waals surface area (Å²) in [6.07, 6.45) is 9.00. The van der Waals surface area contributed by atoms with Crippen LogP contribution in [-0.4, -0.2) is 49.3 Å². The molecule has 0 unspecified atom stereocenters. The zero-order chi connectivity index (χ0) is 21.1. The first-order valence-corrected chi connectivity index (χ1v) is 14.6. The maximum absolute atomic E-state index is 9.09. The standard InChI is InChI=1S/C20H28N6P2.2ClH/c21-7-1-13-27(14-2-8-22,15-3-9-23)19-20-28(16-4-10-24,17-5-11-25)18-6-12-26;;/h1-6,13-20H2;2*1H/q+2;;/p-2. The number of rotatable bonds is 15. The Hall–Kier alpha value is -1.62. The van der Waals surface area contributed by atoms with Crippen LogP contribution >= 0.6 is 14.5 Å². The minimum atomic E-state index is -1.63. The zero-order valence-corrected chi connectivity index (χ0v) is 20.5. The van der Waals surface area contributed by atoms with Crippen molar-refractivity contribution in [1.82, 2.24) is 0 Å². The summed E-state index contributed by atoms with van der Waals surface area (Å²) in [5.41, 5.74) is 0. The van der Waals surface area contributed by atoms with Crippen LogP contribution in [0.25, 0.3) is 0 Å². The molecule has 30 heavy (non-hydrogen) atoms. The molecule has 0 radical (unpaired) electrons. The smallest absolute Gasteiger partial charge is 0.0930 e. The van der Waals surface area contributed by atoms with E-state index in [1.807, 2.05) is 0 Å². The van der Waals surface area contributed by atoms with Gasteiger partial charge in [0, 0.05) is 14.5 Å². The summed E-state index contributed by atoms with van der Waals surface area (Å²) in [5, 5.41) is 54.6. The second-order valence-electron chi connectivity index (χ2n) is 6.92. The molecule has 0 fully saturated rings. The van der Waals surface area contributed by atoms with Crippen LogP contribution in [0, 0.1) is 68.0 Å². The minimum Gasteiger partial charge on any atom is -1.00 e. The first kappa shape index (κ1) is 33.0. The molecule has 0 aliphatic rings. The van der Waals surface area contributed by atoms with Gasteiger partial charge in [-0.2, -0.15) is 31.6 Å². The molecule has 0 aliphatic heterocycles. The van der Waals surface area contributed by atoms with Gasteiger partial charge in [0.2, 0.25) is 0 Å². The molecular formula is C20H28Cl2N6P2. The Labute approximate surface area is 195 Å². The Bertz CT molecular complexity index is 565. The van der Waals surface area contributed by atoms with Crippen LogP contribution in [0.2, 0.25) is 0 Å². The summed E-state index contributed by atoms with van der Waals surface area (Å²) >= 11 is 0. The molecule has 0 saturated carbocycles. The minimum absolute atomic E-state index is 0. The number of halogens is 2. The number of nitrogens with zero attached hydrogens (tertiary/aromatic N) is 6. The van der Waals surface area contributed by atoms with Crippen LogP contribution in [0.4, 0.5) is 0 Å². The third-order valence-electron chi connectivity index (χ3n) is 5.24. The monoisotopic (exact) mass is 484 g/mol. The van der Waals surface area contributed by atoms with Crippen molar-refractivity contribution in [2.45, 2.75) is 38.5 Å². The molecule has 0 aromatic heterocycles. The van der Waals surface area contributed by atoms with Crippen molar-refractivity contribution in [3.05, 3.63) is 0 Å². The van der Waals surface area contributed by atoms with Gasteiger partial charge < -0.3 is 24.8 Å². The summed E-state index contributed by atoms with van der Waals surface area (Å²) < 4.78 is 0. The van der Waals surface area contributed by atoms with Gasteiger partial charge >= 0.3 is 0 Å². The van der Waals surface area contributed by atoms with Gasteiger partial charge in [-0.05, 0) is 0 Å². The highest BCUT2D eigenvalue weighted by molar-refractivity contribution is 7.79. The van der Waals surface area contributed by atoms with Crippen molar-refractivity contribution in [3.63, 3.8) is 0 Å². The topological polar surface area (TPSA) is 143 Å². The van der Waals surface area contributed by atoms with Gasteiger partial charge in [0.1, 0.15) is 0 Å². The van der Waals surface area contributed by atoms with Crippen molar-refractivity contribution < 1.29 is 24.8 Å². The third kappa shape index (κ3) is 13.6. The molecule has 0 aromatic rings. The maximum Gasteiger partial charge on any atom is 0.0930 e. The lowest BCUT2D eigenvalue weighted by molar-refractivity contribution is -0.001000.